The monoisotopic (exact) mass is 248 g/mol. The Morgan fingerprint density at radius 2 is 2.17 bits per heavy atom. The van der Waals surface area contributed by atoms with Crippen LogP contribution in [0.1, 0.15) is 15.9 Å². The summed E-state index contributed by atoms with van der Waals surface area (Å²) >= 11 is 8.95. The van der Waals surface area contributed by atoms with Crippen LogP contribution in [0.3, 0.4) is 0 Å². The van der Waals surface area contributed by atoms with Crippen molar-refractivity contribution >= 4 is 33.5 Å². The molecule has 4 heteroatoms. The SMILES string of the molecule is Cc1cc(Br)cc(C(=O)O)c1Cl. The van der Waals surface area contributed by atoms with Crippen LogP contribution in [0.4, 0.5) is 0 Å². The largest absolute Gasteiger partial charge is 0.478 e. The fraction of sp³-hybridized carbons (Fsp3) is 0.125. The van der Waals surface area contributed by atoms with E-state index in [-0.39, 0.29) is 5.56 Å². The highest BCUT2D eigenvalue weighted by Crippen LogP contribution is 2.25. The van der Waals surface area contributed by atoms with Crippen LogP contribution in [-0.2, 0) is 0 Å². The summed E-state index contributed by atoms with van der Waals surface area (Å²) in [5, 5.41) is 9.01. The van der Waals surface area contributed by atoms with E-state index in [0.717, 1.165) is 10.0 Å². The number of carbonyl (C=O) groups is 1. The van der Waals surface area contributed by atoms with Crippen molar-refractivity contribution in [3.63, 3.8) is 0 Å². The topological polar surface area (TPSA) is 37.3 Å². The van der Waals surface area contributed by atoms with Gasteiger partial charge in [-0.15, -0.1) is 0 Å². The number of halogens is 2. The van der Waals surface area contributed by atoms with E-state index in [1.807, 2.05) is 0 Å². The Hall–Kier alpha value is -0.540. The summed E-state index contributed by atoms with van der Waals surface area (Å²) in [6.45, 7) is 1.76. The highest BCUT2D eigenvalue weighted by Gasteiger charge is 2.11. The number of rotatable bonds is 1. The van der Waals surface area contributed by atoms with E-state index in [2.05, 4.69) is 15.9 Å². The van der Waals surface area contributed by atoms with Gasteiger partial charge in [-0.05, 0) is 24.6 Å². The standard InChI is InChI=1S/C8H6BrClO2/c1-4-2-5(9)3-6(7(4)10)8(11)12/h2-3H,1H3,(H,11,12). The van der Waals surface area contributed by atoms with Gasteiger partial charge in [0.2, 0.25) is 0 Å². The van der Waals surface area contributed by atoms with E-state index in [1.54, 1.807) is 13.0 Å². The molecule has 0 saturated carbocycles. The zero-order chi connectivity index (χ0) is 9.30. The third kappa shape index (κ3) is 1.79. The lowest BCUT2D eigenvalue weighted by Gasteiger charge is -2.02. The number of hydrogen-bond acceptors (Lipinski definition) is 1. The maximum atomic E-state index is 10.6. The molecule has 0 unspecified atom stereocenters. The first-order valence-corrected chi connectivity index (χ1v) is 4.38. The molecule has 0 amide bonds. The summed E-state index contributed by atoms with van der Waals surface area (Å²) in [6, 6.07) is 3.26. The molecule has 0 bridgehead atoms. The molecule has 0 aliphatic heterocycles. The molecule has 0 aromatic heterocycles. The van der Waals surface area contributed by atoms with Crippen LogP contribution in [0.15, 0.2) is 16.6 Å². The first-order valence-electron chi connectivity index (χ1n) is 3.21. The lowest BCUT2D eigenvalue weighted by molar-refractivity contribution is 0.0697. The molecule has 1 aromatic carbocycles. The van der Waals surface area contributed by atoms with Crippen LogP contribution < -0.4 is 0 Å². The zero-order valence-corrected chi connectivity index (χ0v) is 8.61. The first-order chi connectivity index (χ1) is 5.52. The van der Waals surface area contributed by atoms with Crippen LogP contribution in [0.25, 0.3) is 0 Å². The highest BCUT2D eigenvalue weighted by atomic mass is 79.9. The molecule has 0 aliphatic carbocycles. The summed E-state index contributed by atoms with van der Waals surface area (Å²) in [5.41, 5.74) is 0.881. The second-order valence-corrected chi connectivity index (χ2v) is 3.68. The van der Waals surface area contributed by atoms with Gasteiger partial charge >= 0.3 is 5.97 Å². The van der Waals surface area contributed by atoms with Crippen molar-refractivity contribution in [3.05, 3.63) is 32.8 Å². The van der Waals surface area contributed by atoms with Gasteiger partial charge in [-0.25, -0.2) is 4.79 Å². The number of carboxylic acid groups (broad SMARTS) is 1. The van der Waals surface area contributed by atoms with Crippen molar-refractivity contribution in [1.82, 2.24) is 0 Å². The fourth-order valence-electron chi connectivity index (χ4n) is 0.881. The molecule has 0 atom stereocenters. The minimum absolute atomic E-state index is 0.128. The predicted molar refractivity (Wildman–Crippen MR) is 50.8 cm³/mol. The molecule has 1 N–H and O–H groups in total. The van der Waals surface area contributed by atoms with Gasteiger partial charge in [0.1, 0.15) is 0 Å². The van der Waals surface area contributed by atoms with Crippen LogP contribution in [0.2, 0.25) is 5.02 Å². The van der Waals surface area contributed by atoms with Gasteiger partial charge in [-0.3, -0.25) is 0 Å². The lowest BCUT2D eigenvalue weighted by atomic mass is 10.1. The summed E-state index contributed by atoms with van der Waals surface area (Å²) in [4.78, 5) is 10.6. The second-order valence-electron chi connectivity index (χ2n) is 2.39. The van der Waals surface area contributed by atoms with Gasteiger partial charge in [0, 0.05) is 4.47 Å². The predicted octanol–water partition coefficient (Wildman–Crippen LogP) is 3.11. The Balaban J connectivity index is 3.37. The van der Waals surface area contributed by atoms with Gasteiger partial charge in [-0.2, -0.15) is 0 Å². The first kappa shape index (κ1) is 9.55. The lowest BCUT2D eigenvalue weighted by Crippen LogP contribution is -1.98. The normalized spacial score (nSPS) is 9.92. The molecule has 0 spiro atoms. The average Bonchev–Trinajstić information content (AvgIpc) is 1.96. The van der Waals surface area contributed by atoms with Crippen molar-refractivity contribution in [3.8, 4) is 0 Å². The number of aryl methyl sites for hydroxylation is 1. The van der Waals surface area contributed by atoms with E-state index >= 15 is 0 Å². The maximum absolute atomic E-state index is 10.6. The summed E-state index contributed by atoms with van der Waals surface area (Å²) < 4.78 is 0.724. The maximum Gasteiger partial charge on any atom is 0.337 e. The number of benzene rings is 1. The number of aromatic carboxylic acids is 1. The summed E-state index contributed by atoms with van der Waals surface area (Å²) in [7, 11) is 0. The quantitative estimate of drug-likeness (QED) is 0.830. The molecular formula is C8H6BrClO2. The van der Waals surface area contributed by atoms with Gasteiger partial charge in [0.15, 0.2) is 0 Å². The van der Waals surface area contributed by atoms with Gasteiger partial charge < -0.3 is 5.11 Å². The van der Waals surface area contributed by atoms with E-state index in [1.165, 1.54) is 6.07 Å². The third-order valence-corrected chi connectivity index (χ3v) is 2.41. The van der Waals surface area contributed by atoms with Crippen LogP contribution in [-0.4, -0.2) is 11.1 Å². The third-order valence-electron chi connectivity index (χ3n) is 1.45. The molecule has 12 heavy (non-hydrogen) atoms. The van der Waals surface area contributed by atoms with Crippen LogP contribution >= 0.6 is 27.5 Å². The van der Waals surface area contributed by atoms with Crippen molar-refractivity contribution in [2.24, 2.45) is 0 Å². The van der Waals surface area contributed by atoms with E-state index in [4.69, 9.17) is 16.7 Å². The van der Waals surface area contributed by atoms with E-state index < -0.39 is 5.97 Å². The van der Waals surface area contributed by atoms with Crippen molar-refractivity contribution < 1.29 is 9.90 Å². The molecule has 2 nitrogen and oxygen atoms in total. The van der Waals surface area contributed by atoms with Gasteiger partial charge in [0.05, 0.1) is 10.6 Å². The van der Waals surface area contributed by atoms with E-state index in [0.29, 0.717) is 5.02 Å². The molecule has 64 valence electrons. The molecule has 1 aromatic rings. The van der Waals surface area contributed by atoms with Crippen LogP contribution in [0, 0.1) is 6.92 Å². The summed E-state index contributed by atoms with van der Waals surface area (Å²) in [6.07, 6.45) is 0. The Morgan fingerprint density at radius 3 is 2.67 bits per heavy atom. The molecule has 0 saturated heterocycles. The highest BCUT2D eigenvalue weighted by molar-refractivity contribution is 9.10. The summed E-state index contributed by atoms with van der Waals surface area (Å²) in [5.74, 6) is -1.01. The minimum Gasteiger partial charge on any atom is -0.478 e. The molecule has 1 rings (SSSR count). The fourth-order valence-corrected chi connectivity index (χ4v) is 1.64. The minimum atomic E-state index is -1.01. The van der Waals surface area contributed by atoms with Crippen molar-refractivity contribution in [2.45, 2.75) is 6.92 Å². The van der Waals surface area contributed by atoms with E-state index in [9.17, 15) is 4.79 Å². The smallest absolute Gasteiger partial charge is 0.337 e. The second kappa shape index (κ2) is 3.46. The number of carboxylic acids is 1. The van der Waals surface area contributed by atoms with Gasteiger partial charge in [0.25, 0.3) is 0 Å². The Kier molecular flexibility index (Phi) is 2.75. The van der Waals surface area contributed by atoms with Crippen molar-refractivity contribution in [1.29, 1.82) is 0 Å². The van der Waals surface area contributed by atoms with Crippen LogP contribution in [0.5, 0.6) is 0 Å². The van der Waals surface area contributed by atoms with Gasteiger partial charge in [-0.1, -0.05) is 27.5 Å². The average molecular weight is 249 g/mol. The zero-order valence-electron chi connectivity index (χ0n) is 6.27. The van der Waals surface area contributed by atoms with Crippen molar-refractivity contribution in [2.75, 3.05) is 0 Å². The Labute approximate surface area is 83.3 Å². The molecule has 0 aliphatic rings. The molecule has 0 heterocycles. The molecular weight excluding hydrogens is 243 g/mol. The molecule has 0 radical (unpaired) electrons. The number of hydrogen-bond donors (Lipinski definition) is 1. The Bertz CT molecular complexity index is 336. The Morgan fingerprint density at radius 1 is 1.58 bits per heavy atom. The molecule has 0 fully saturated rings.